The van der Waals surface area contributed by atoms with Crippen LogP contribution in [0.1, 0.15) is 27.9 Å². The minimum atomic E-state index is -3.75. The van der Waals surface area contributed by atoms with Crippen LogP contribution in [0.25, 0.3) is 10.2 Å². The molecule has 10 heteroatoms. The van der Waals surface area contributed by atoms with Crippen molar-refractivity contribution in [2.75, 3.05) is 57.4 Å². The lowest BCUT2D eigenvalue weighted by atomic mass is 10.1. The van der Waals surface area contributed by atoms with Crippen molar-refractivity contribution in [2.45, 2.75) is 25.2 Å². The van der Waals surface area contributed by atoms with Crippen molar-refractivity contribution in [3.63, 3.8) is 0 Å². The minimum absolute atomic E-state index is 0.118. The van der Waals surface area contributed by atoms with Crippen molar-refractivity contribution in [2.24, 2.45) is 0 Å². The van der Waals surface area contributed by atoms with Crippen LogP contribution >= 0.6 is 11.3 Å². The summed E-state index contributed by atoms with van der Waals surface area (Å²) in [7, 11) is -3.75. The Hall–Kier alpha value is -2.89. The number of rotatable bonds is 12. The maximum absolute atomic E-state index is 13.8. The van der Waals surface area contributed by atoms with Crippen LogP contribution in [0.15, 0.2) is 66.6 Å². The van der Waals surface area contributed by atoms with E-state index in [2.05, 4.69) is 31.0 Å². The number of carbonyl (C=O) groups is 1. The number of anilines is 1. The highest BCUT2D eigenvalue weighted by Gasteiger charge is 2.25. The predicted octanol–water partition coefficient (Wildman–Crippen LogP) is 4.64. The van der Waals surface area contributed by atoms with Crippen LogP contribution in [0, 0.1) is 13.8 Å². The van der Waals surface area contributed by atoms with Gasteiger partial charge in [0.2, 0.25) is 10.0 Å². The van der Waals surface area contributed by atoms with Crippen molar-refractivity contribution in [3.8, 4) is 0 Å². The Bertz CT molecular complexity index is 1420. The van der Waals surface area contributed by atoms with Gasteiger partial charge in [-0.3, -0.25) is 14.6 Å². The van der Waals surface area contributed by atoms with Gasteiger partial charge >= 0.3 is 0 Å². The second-order valence-corrected chi connectivity index (χ2v) is 12.5. The molecule has 8 nitrogen and oxygen atoms in total. The van der Waals surface area contributed by atoms with E-state index in [0.29, 0.717) is 17.2 Å². The zero-order valence-corrected chi connectivity index (χ0v) is 24.3. The molecule has 39 heavy (non-hydrogen) atoms. The lowest BCUT2D eigenvalue weighted by Gasteiger charge is -2.27. The summed E-state index contributed by atoms with van der Waals surface area (Å²) < 4.78 is 34.0. The number of fused-ring (bicyclic) bond motifs is 1. The molecule has 3 aromatic rings. The van der Waals surface area contributed by atoms with E-state index in [4.69, 9.17) is 9.72 Å². The summed E-state index contributed by atoms with van der Waals surface area (Å²) in [5, 5.41) is 0.644. The van der Waals surface area contributed by atoms with Gasteiger partial charge in [0.25, 0.3) is 5.91 Å². The SMILES string of the molecule is C=CCN(CC=C)S(=O)(=O)c1ccc(C(=O)N(CCCN2CCOCC2)c2nc3cc(C)cc(C)c3s2)cc1. The molecule has 1 aliphatic rings. The highest BCUT2D eigenvalue weighted by Crippen LogP contribution is 2.33. The lowest BCUT2D eigenvalue weighted by molar-refractivity contribution is 0.0376. The van der Waals surface area contributed by atoms with Crippen molar-refractivity contribution >= 4 is 42.6 Å². The van der Waals surface area contributed by atoms with Crippen LogP contribution in [0.3, 0.4) is 0 Å². The van der Waals surface area contributed by atoms with Crippen molar-refractivity contribution in [1.82, 2.24) is 14.2 Å². The fourth-order valence-electron chi connectivity index (χ4n) is 4.67. The average Bonchev–Trinajstić information content (AvgIpc) is 3.35. The molecule has 1 aromatic heterocycles. The van der Waals surface area contributed by atoms with E-state index in [0.717, 1.165) is 60.6 Å². The van der Waals surface area contributed by atoms with Crippen LogP contribution < -0.4 is 4.90 Å². The zero-order chi connectivity index (χ0) is 28.0. The molecule has 208 valence electrons. The number of sulfonamides is 1. The van der Waals surface area contributed by atoms with Gasteiger partial charge in [-0.25, -0.2) is 13.4 Å². The van der Waals surface area contributed by atoms with Gasteiger partial charge in [0.1, 0.15) is 0 Å². The van der Waals surface area contributed by atoms with E-state index in [1.54, 1.807) is 17.0 Å². The fraction of sp³-hybridized carbons (Fsp3) is 0.379. The molecule has 2 aromatic carbocycles. The smallest absolute Gasteiger partial charge is 0.260 e. The predicted molar refractivity (Wildman–Crippen MR) is 158 cm³/mol. The number of ether oxygens (including phenoxy) is 1. The van der Waals surface area contributed by atoms with Crippen LogP contribution in [-0.2, 0) is 14.8 Å². The second kappa shape index (κ2) is 13.0. The number of thiazole rings is 1. The Morgan fingerprint density at radius 1 is 1.10 bits per heavy atom. The second-order valence-electron chi connectivity index (χ2n) is 9.61. The number of nitrogens with zero attached hydrogens (tertiary/aromatic N) is 4. The van der Waals surface area contributed by atoms with Gasteiger partial charge in [-0.2, -0.15) is 4.31 Å². The van der Waals surface area contributed by atoms with E-state index in [1.165, 1.54) is 39.9 Å². The molecule has 1 aliphatic heterocycles. The number of morpholine rings is 1. The van der Waals surface area contributed by atoms with E-state index in [-0.39, 0.29) is 23.9 Å². The Balaban J connectivity index is 1.61. The molecule has 0 unspecified atom stereocenters. The molecule has 0 atom stereocenters. The number of carbonyl (C=O) groups excluding carboxylic acids is 1. The van der Waals surface area contributed by atoms with Gasteiger partial charge in [-0.1, -0.05) is 29.6 Å². The van der Waals surface area contributed by atoms with Gasteiger partial charge in [0.05, 0.1) is 28.3 Å². The minimum Gasteiger partial charge on any atom is -0.379 e. The molecule has 1 fully saturated rings. The number of hydrogen-bond donors (Lipinski definition) is 0. The third-order valence-electron chi connectivity index (χ3n) is 6.65. The van der Waals surface area contributed by atoms with E-state index in [9.17, 15) is 13.2 Å². The van der Waals surface area contributed by atoms with Gasteiger partial charge < -0.3 is 4.74 Å². The lowest BCUT2D eigenvalue weighted by Crippen LogP contribution is -2.39. The van der Waals surface area contributed by atoms with Gasteiger partial charge in [0.15, 0.2) is 5.13 Å². The number of aromatic nitrogens is 1. The third-order valence-corrected chi connectivity index (χ3v) is 9.72. The molecule has 0 spiro atoms. The molecule has 2 heterocycles. The van der Waals surface area contributed by atoms with Crippen LogP contribution in [0.5, 0.6) is 0 Å². The molecule has 0 aliphatic carbocycles. The molecule has 0 N–H and O–H groups in total. The number of amides is 1. The first-order valence-electron chi connectivity index (χ1n) is 13.1. The van der Waals surface area contributed by atoms with Crippen molar-refractivity contribution in [1.29, 1.82) is 0 Å². The van der Waals surface area contributed by atoms with E-state index >= 15 is 0 Å². The highest BCUT2D eigenvalue weighted by atomic mass is 32.2. The summed E-state index contributed by atoms with van der Waals surface area (Å²) in [5.41, 5.74) is 3.55. The molecule has 0 radical (unpaired) electrons. The van der Waals surface area contributed by atoms with Gasteiger partial charge in [-0.15, -0.1) is 13.2 Å². The largest absolute Gasteiger partial charge is 0.379 e. The number of benzene rings is 2. The first-order valence-corrected chi connectivity index (χ1v) is 15.3. The topological polar surface area (TPSA) is 83.1 Å². The van der Waals surface area contributed by atoms with Crippen LogP contribution in [0.4, 0.5) is 5.13 Å². The maximum Gasteiger partial charge on any atom is 0.260 e. The zero-order valence-electron chi connectivity index (χ0n) is 22.6. The number of hydrogen-bond acceptors (Lipinski definition) is 7. The summed E-state index contributed by atoms with van der Waals surface area (Å²) in [6.45, 7) is 16.3. The number of aryl methyl sites for hydroxylation is 2. The third kappa shape index (κ3) is 6.82. The Morgan fingerprint density at radius 2 is 1.77 bits per heavy atom. The van der Waals surface area contributed by atoms with Crippen molar-refractivity contribution in [3.05, 3.63) is 78.4 Å². The summed E-state index contributed by atoms with van der Waals surface area (Å²) in [6, 6.07) is 10.3. The molecule has 1 saturated heterocycles. The highest BCUT2D eigenvalue weighted by molar-refractivity contribution is 7.89. The van der Waals surface area contributed by atoms with Gasteiger partial charge in [0, 0.05) is 44.8 Å². The summed E-state index contributed by atoms with van der Waals surface area (Å²) in [4.78, 5) is 22.9. The standard InChI is InChI=1S/C29H36N4O4S2/c1-5-12-32(13-6-2)39(35,36)25-10-8-24(9-11-25)28(34)33(15-7-14-31-16-18-37-19-17-31)29-30-26-21-22(3)20-23(4)27(26)38-29/h5-6,8-11,20-21H,1-2,7,12-19H2,3-4H3. The van der Waals surface area contributed by atoms with E-state index < -0.39 is 10.0 Å². The van der Waals surface area contributed by atoms with Gasteiger partial charge in [-0.05, 0) is 61.7 Å². The summed E-state index contributed by atoms with van der Waals surface area (Å²) in [6.07, 6.45) is 3.86. The molecule has 1 amide bonds. The average molecular weight is 569 g/mol. The quantitative estimate of drug-likeness (QED) is 0.296. The maximum atomic E-state index is 13.8. The van der Waals surface area contributed by atoms with Crippen molar-refractivity contribution < 1.29 is 17.9 Å². The monoisotopic (exact) mass is 568 g/mol. The molecular weight excluding hydrogens is 532 g/mol. The molecule has 0 bridgehead atoms. The Kier molecular flexibility index (Phi) is 9.68. The summed E-state index contributed by atoms with van der Waals surface area (Å²) >= 11 is 1.51. The van der Waals surface area contributed by atoms with Crippen LogP contribution in [-0.4, -0.2) is 81.0 Å². The normalized spacial score (nSPS) is 14.5. The Morgan fingerprint density at radius 3 is 2.41 bits per heavy atom. The first-order chi connectivity index (χ1) is 18.7. The molecule has 4 rings (SSSR count). The Labute approximate surface area is 235 Å². The first kappa shape index (κ1) is 29.1. The fourth-order valence-corrected chi connectivity index (χ4v) is 7.10. The summed E-state index contributed by atoms with van der Waals surface area (Å²) in [5.74, 6) is -0.205. The van der Waals surface area contributed by atoms with Crippen LogP contribution in [0.2, 0.25) is 0 Å². The molecular formula is C29H36N4O4S2. The van der Waals surface area contributed by atoms with E-state index in [1.807, 2.05) is 13.0 Å². The molecule has 0 saturated carbocycles.